The highest BCUT2D eigenvalue weighted by Gasteiger charge is 2.31. The van der Waals surface area contributed by atoms with Crippen molar-refractivity contribution in [3.8, 4) is 5.75 Å². The fourth-order valence-corrected chi connectivity index (χ4v) is 2.21. The average molecular weight is 248 g/mol. The first-order valence-corrected chi connectivity index (χ1v) is 5.88. The molecule has 96 valence electrons. The highest BCUT2D eigenvalue weighted by Crippen LogP contribution is 2.34. The Kier molecular flexibility index (Phi) is 3.34. The van der Waals surface area contributed by atoms with Crippen LogP contribution in [0, 0.1) is 5.92 Å². The lowest BCUT2D eigenvalue weighted by Crippen LogP contribution is -2.26. The molecule has 1 aliphatic rings. The van der Waals surface area contributed by atoms with Crippen molar-refractivity contribution in [2.24, 2.45) is 11.7 Å². The normalized spacial score (nSPS) is 19.3. The van der Waals surface area contributed by atoms with E-state index in [9.17, 15) is 14.7 Å². The molecule has 0 aromatic heterocycles. The molecule has 1 aromatic carbocycles. The minimum atomic E-state index is -0.226. The second-order valence-corrected chi connectivity index (χ2v) is 4.54. The van der Waals surface area contributed by atoms with Gasteiger partial charge in [-0.05, 0) is 31.5 Å². The van der Waals surface area contributed by atoms with Crippen molar-refractivity contribution in [2.75, 3.05) is 18.0 Å². The van der Waals surface area contributed by atoms with Crippen molar-refractivity contribution in [1.82, 2.24) is 0 Å². The first kappa shape index (κ1) is 12.6. The van der Waals surface area contributed by atoms with Crippen molar-refractivity contribution < 1.29 is 14.7 Å². The summed E-state index contributed by atoms with van der Waals surface area (Å²) >= 11 is 0. The van der Waals surface area contributed by atoms with Crippen LogP contribution in [0.25, 0.3) is 0 Å². The van der Waals surface area contributed by atoms with Crippen molar-refractivity contribution >= 4 is 17.4 Å². The van der Waals surface area contributed by atoms with E-state index in [0.717, 1.165) is 0 Å². The minimum absolute atomic E-state index is 0.0681. The Labute approximate surface area is 105 Å². The van der Waals surface area contributed by atoms with Gasteiger partial charge in [-0.1, -0.05) is 6.07 Å². The number of phenolic OH excluding ortho intramolecular Hbond substituents is 1. The van der Waals surface area contributed by atoms with Crippen LogP contribution in [0.4, 0.5) is 5.69 Å². The number of phenols is 1. The highest BCUT2D eigenvalue weighted by molar-refractivity contribution is 6.02. The number of carbonyl (C=O) groups excluding carboxylic acids is 2. The SMILES string of the molecule is CC(=O)c1cccc(N2CC(CN)CC2=O)c1O. The first-order valence-electron chi connectivity index (χ1n) is 5.88. The number of ketones is 1. The number of nitrogens with zero attached hydrogens (tertiary/aromatic N) is 1. The molecule has 1 heterocycles. The standard InChI is InChI=1S/C13H16N2O3/c1-8(16)10-3-2-4-11(13(10)18)15-7-9(6-14)5-12(15)17/h2-4,9,18H,5-7,14H2,1H3. The quantitative estimate of drug-likeness (QED) is 0.779. The third kappa shape index (κ3) is 2.09. The Morgan fingerprint density at radius 3 is 2.83 bits per heavy atom. The lowest BCUT2D eigenvalue weighted by molar-refractivity contribution is -0.117. The van der Waals surface area contributed by atoms with Gasteiger partial charge in [0.1, 0.15) is 5.75 Å². The van der Waals surface area contributed by atoms with Crippen LogP contribution in [0.2, 0.25) is 0 Å². The second-order valence-electron chi connectivity index (χ2n) is 4.54. The van der Waals surface area contributed by atoms with Gasteiger partial charge in [-0.15, -0.1) is 0 Å². The zero-order valence-corrected chi connectivity index (χ0v) is 10.2. The summed E-state index contributed by atoms with van der Waals surface area (Å²) in [6, 6.07) is 4.84. The Morgan fingerprint density at radius 1 is 1.56 bits per heavy atom. The molecular weight excluding hydrogens is 232 g/mol. The largest absolute Gasteiger partial charge is 0.505 e. The van der Waals surface area contributed by atoms with Crippen LogP contribution in [0.15, 0.2) is 18.2 Å². The van der Waals surface area contributed by atoms with Crippen LogP contribution in [-0.4, -0.2) is 29.9 Å². The monoisotopic (exact) mass is 248 g/mol. The maximum absolute atomic E-state index is 11.9. The molecule has 1 unspecified atom stereocenters. The van der Waals surface area contributed by atoms with Gasteiger partial charge in [0.25, 0.3) is 0 Å². The van der Waals surface area contributed by atoms with E-state index in [-0.39, 0.29) is 28.9 Å². The van der Waals surface area contributed by atoms with Gasteiger partial charge in [-0.2, -0.15) is 0 Å². The molecule has 2 rings (SSSR count). The van der Waals surface area contributed by atoms with Crippen molar-refractivity contribution in [3.05, 3.63) is 23.8 Å². The van der Waals surface area contributed by atoms with E-state index in [1.54, 1.807) is 18.2 Å². The van der Waals surface area contributed by atoms with Gasteiger partial charge in [0, 0.05) is 13.0 Å². The third-order valence-electron chi connectivity index (χ3n) is 3.22. The summed E-state index contributed by atoms with van der Waals surface area (Å²) in [6.07, 6.45) is 0.389. The molecule has 1 fully saturated rings. The number of benzene rings is 1. The number of Topliss-reactive ketones (excluding diaryl/α,β-unsaturated/α-hetero) is 1. The van der Waals surface area contributed by atoms with Crippen LogP contribution in [0.3, 0.4) is 0 Å². The number of nitrogens with two attached hydrogens (primary N) is 1. The first-order chi connectivity index (χ1) is 8.54. The van der Waals surface area contributed by atoms with Gasteiger partial charge in [0.05, 0.1) is 11.3 Å². The molecule has 18 heavy (non-hydrogen) atoms. The number of amides is 1. The van der Waals surface area contributed by atoms with Gasteiger partial charge >= 0.3 is 0 Å². The number of hydrogen-bond donors (Lipinski definition) is 2. The van der Waals surface area contributed by atoms with Gasteiger partial charge in [0.2, 0.25) is 5.91 Å². The molecule has 3 N–H and O–H groups in total. The molecule has 1 amide bonds. The van der Waals surface area contributed by atoms with Gasteiger partial charge in [0.15, 0.2) is 5.78 Å². The topological polar surface area (TPSA) is 83.6 Å². The van der Waals surface area contributed by atoms with Crippen molar-refractivity contribution in [2.45, 2.75) is 13.3 Å². The summed E-state index contributed by atoms with van der Waals surface area (Å²) in [5.74, 6) is -0.313. The molecule has 1 aliphatic heterocycles. The van der Waals surface area contributed by atoms with Crippen LogP contribution in [0.1, 0.15) is 23.7 Å². The van der Waals surface area contributed by atoms with E-state index in [1.807, 2.05) is 0 Å². The Balaban J connectivity index is 2.37. The van der Waals surface area contributed by atoms with Gasteiger partial charge in [-0.25, -0.2) is 0 Å². The highest BCUT2D eigenvalue weighted by atomic mass is 16.3. The van der Waals surface area contributed by atoms with E-state index in [0.29, 0.717) is 25.2 Å². The number of anilines is 1. The Bertz CT molecular complexity index is 499. The smallest absolute Gasteiger partial charge is 0.227 e. The number of hydrogen-bond acceptors (Lipinski definition) is 4. The van der Waals surface area contributed by atoms with E-state index >= 15 is 0 Å². The van der Waals surface area contributed by atoms with Crippen LogP contribution < -0.4 is 10.6 Å². The predicted molar refractivity (Wildman–Crippen MR) is 67.6 cm³/mol. The van der Waals surface area contributed by atoms with E-state index < -0.39 is 0 Å². The number of aromatic hydroxyl groups is 1. The molecule has 5 heteroatoms. The Hall–Kier alpha value is -1.88. The minimum Gasteiger partial charge on any atom is -0.505 e. The molecule has 0 bridgehead atoms. The van der Waals surface area contributed by atoms with Crippen LogP contribution >= 0.6 is 0 Å². The molecule has 5 nitrogen and oxygen atoms in total. The summed E-state index contributed by atoms with van der Waals surface area (Å²) < 4.78 is 0. The molecule has 0 aliphatic carbocycles. The molecule has 0 spiro atoms. The Morgan fingerprint density at radius 2 is 2.28 bits per heavy atom. The lowest BCUT2D eigenvalue weighted by Gasteiger charge is -2.19. The summed E-state index contributed by atoms with van der Waals surface area (Å²) in [5, 5.41) is 10.1. The molecule has 1 atom stereocenters. The molecule has 1 aromatic rings. The summed E-state index contributed by atoms with van der Waals surface area (Å²) in [4.78, 5) is 24.7. The fraction of sp³-hybridized carbons (Fsp3) is 0.385. The summed E-state index contributed by atoms with van der Waals surface area (Å²) in [5.41, 5.74) is 6.18. The van der Waals surface area contributed by atoms with E-state index in [2.05, 4.69) is 0 Å². The maximum Gasteiger partial charge on any atom is 0.227 e. The molecule has 1 saturated heterocycles. The molecule has 0 saturated carbocycles. The van der Waals surface area contributed by atoms with Gasteiger partial charge < -0.3 is 15.7 Å². The zero-order chi connectivity index (χ0) is 13.3. The van der Waals surface area contributed by atoms with Crippen LogP contribution in [0.5, 0.6) is 5.75 Å². The van der Waals surface area contributed by atoms with Crippen LogP contribution in [-0.2, 0) is 4.79 Å². The lowest BCUT2D eigenvalue weighted by atomic mass is 10.1. The number of rotatable bonds is 3. The summed E-state index contributed by atoms with van der Waals surface area (Å²) in [7, 11) is 0. The molecular formula is C13H16N2O3. The second kappa shape index (κ2) is 4.78. The van der Waals surface area contributed by atoms with E-state index in [1.165, 1.54) is 11.8 Å². The predicted octanol–water partition coefficient (Wildman–Crippen LogP) is 0.906. The average Bonchev–Trinajstić information content (AvgIpc) is 2.70. The maximum atomic E-state index is 11.9. The number of para-hydroxylation sites is 1. The fourth-order valence-electron chi connectivity index (χ4n) is 2.21. The van der Waals surface area contributed by atoms with Crippen molar-refractivity contribution in [1.29, 1.82) is 0 Å². The van der Waals surface area contributed by atoms with E-state index in [4.69, 9.17) is 5.73 Å². The third-order valence-corrected chi connectivity index (χ3v) is 3.22. The zero-order valence-electron chi connectivity index (χ0n) is 10.2. The van der Waals surface area contributed by atoms with Crippen molar-refractivity contribution in [3.63, 3.8) is 0 Å². The number of carbonyl (C=O) groups is 2. The summed E-state index contributed by atoms with van der Waals surface area (Å²) in [6.45, 7) is 2.31. The van der Waals surface area contributed by atoms with Gasteiger partial charge in [-0.3, -0.25) is 9.59 Å². The molecule has 0 radical (unpaired) electrons.